The molecule has 28 heavy (non-hydrogen) atoms. The van der Waals surface area contributed by atoms with Crippen molar-refractivity contribution in [2.45, 2.75) is 64.4 Å². The molecular weight excluding hydrogens is 422 g/mol. The van der Waals surface area contributed by atoms with Gasteiger partial charge in [-0.05, 0) is 6.42 Å². The van der Waals surface area contributed by atoms with Crippen LogP contribution in [0.15, 0.2) is 12.7 Å². The second-order valence-corrected chi connectivity index (χ2v) is 8.12. The number of phosphoric ester groups is 2. The molecule has 2 unspecified atom stereocenters. The Labute approximate surface area is 162 Å². The minimum atomic E-state index is -4.89. The Morgan fingerprint density at radius 2 is 1.32 bits per heavy atom. The number of rotatable bonds is 12. The van der Waals surface area contributed by atoms with Gasteiger partial charge in [0.2, 0.25) is 11.6 Å². The minimum absolute atomic E-state index is 0.110. The van der Waals surface area contributed by atoms with Gasteiger partial charge in [0.05, 0.1) is 0 Å². The largest absolute Gasteiger partial charge is 0.472 e. The number of ketones is 2. The smallest absolute Gasteiger partial charge is 0.359 e. The number of carbonyl (C=O) groups excluding carboxylic acids is 2. The lowest BCUT2D eigenvalue weighted by Gasteiger charge is -2.25. The zero-order valence-corrected chi connectivity index (χ0v) is 17.6. The van der Waals surface area contributed by atoms with Crippen LogP contribution < -0.4 is 0 Å². The summed E-state index contributed by atoms with van der Waals surface area (Å²) in [5, 5.41) is 18.9. The summed E-state index contributed by atoms with van der Waals surface area (Å²) >= 11 is 0. The van der Waals surface area contributed by atoms with Crippen molar-refractivity contribution >= 4 is 27.2 Å². The Morgan fingerprint density at radius 3 is 1.61 bits per heavy atom. The highest BCUT2D eigenvalue weighted by molar-refractivity contribution is 7.46. The molecule has 0 rings (SSSR count). The average molecular weight is 450 g/mol. The van der Waals surface area contributed by atoms with Gasteiger partial charge in [-0.3, -0.25) is 9.59 Å². The van der Waals surface area contributed by atoms with Crippen LogP contribution >= 0.6 is 15.6 Å². The summed E-state index contributed by atoms with van der Waals surface area (Å²) in [6.45, 7) is 7.13. The molecule has 0 saturated heterocycles. The first-order chi connectivity index (χ1) is 12.4. The van der Waals surface area contributed by atoms with Crippen LogP contribution in [0.25, 0.3) is 0 Å². The maximum atomic E-state index is 11.0. The SMILES string of the molecule is C=CCC(O)(OP(=O)(O)O)C(C)=O.CCCCCC(O)(OP(=O)(O)O)C(C)=O. The van der Waals surface area contributed by atoms with Crippen molar-refractivity contribution in [3.05, 3.63) is 12.7 Å². The number of hydrogen-bond donors (Lipinski definition) is 6. The van der Waals surface area contributed by atoms with E-state index in [1.54, 1.807) is 0 Å². The standard InChI is InChI=1S/C8H17O6P.C6H11O6P/c1-3-4-5-6-8(10,7(2)9)14-15(11,12)13;1-3-4-6(8,5(2)7)12-13(9,10)11/h10H,3-6H2,1-2H3,(H2,11,12,13);3,8H,1,4H2,2H3,(H2,9,10,11). The van der Waals surface area contributed by atoms with E-state index in [4.69, 9.17) is 19.6 Å². The van der Waals surface area contributed by atoms with Crippen LogP contribution in [0.1, 0.15) is 52.9 Å². The van der Waals surface area contributed by atoms with Crippen LogP contribution in [0, 0.1) is 0 Å². The first-order valence-corrected chi connectivity index (χ1v) is 11.1. The summed E-state index contributed by atoms with van der Waals surface area (Å²) in [5.74, 6) is -6.55. The number of unbranched alkanes of at least 4 members (excludes halogenated alkanes) is 2. The topological polar surface area (TPSA) is 208 Å². The molecule has 14 heteroatoms. The molecule has 166 valence electrons. The normalized spacial score (nSPS) is 16.2. The van der Waals surface area contributed by atoms with Crippen molar-refractivity contribution in [3.8, 4) is 0 Å². The van der Waals surface area contributed by atoms with E-state index >= 15 is 0 Å². The number of carbonyl (C=O) groups is 2. The molecule has 0 saturated carbocycles. The molecular formula is C14H28O12P2. The lowest BCUT2D eigenvalue weighted by atomic mass is 10.0. The highest BCUT2D eigenvalue weighted by Crippen LogP contribution is 2.43. The van der Waals surface area contributed by atoms with E-state index in [2.05, 4.69) is 15.6 Å². The summed E-state index contributed by atoms with van der Waals surface area (Å²) in [5.41, 5.74) is 0. The van der Waals surface area contributed by atoms with Crippen molar-refractivity contribution in [1.82, 2.24) is 0 Å². The van der Waals surface area contributed by atoms with E-state index in [0.717, 1.165) is 32.8 Å². The summed E-state index contributed by atoms with van der Waals surface area (Å²) < 4.78 is 28.9. The summed E-state index contributed by atoms with van der Waals surface area (Å²) in [6.07, 6.45) is 2.71. The molecule has 0 bridgehead atoms. The molecule has 12 nitrogen and oxygen atoms in total. The van der Waals surface area contributed by atoms with Gasteiger partial charge in [0, 0.05) is 26.7 Å². The fourth-order valence-corrected chi connectivity index (χ4v) is 2.94. The zero-order chi connectivity index (χ0) is 22.8. The third-order valence-corrected chi connectivity index (χ3v) is 4.26. The van der Waals surface area contributed by atoms with Crippen LogP contribution in [-0.2, 0) is 27.8 Å². The molecule has 0 aliphatic rings. The molecule has 0 heterocycles. The molecule has 6 N–H and O–H groups in total. The Morgan fingerprint density at radius 1 is 0.929 bits per heavy atom. The van der Waals surface area contributed by atoms with Gasteiger partial charge in [0.1, 0.15) is 0 Å². The Bertz CT molecular complexity index is 624. The predicted octanol–water partition coefficient (Wildman–Crippen LogP) is 0.903. The number of aliphatic hydroxyl groups is 2. The lowest BCUT2D eigenvalue weighted by Crippen LogP contribution is -2.39. The van der Waals surface area contributed by atoms with E-state index in [-0.39, 0.29) is 12.8 Å². The quantitative estimate of drug-likeness (QED) is 0.106. The van der Waals surface area contributed by atoms with Gasteiger partial charge in [0.25, 0.3) is 0 Å². The molecule has 0 aromatic carbocycles. The van der Waals surface area contributed by atoms with Crippen molar-refractivity contribution in [3.63, 3.8) is 0 Å². The molecule has 0 fully saturated rings. The Hall–Kier alpha value is -0.780. The van der Waals surface area contributed by atoms with Crippen LogP contribution in [0.2, 0.25) is 0 Å². The van der Waals surface area contributed by atoms with Crippen molar-refractivity contribution < 1.29 is 57.6 Å². The molecule has 0 aliphatic carbocycles. The van der Waals surface area contributed by atoms with Gasteiger partial charge in [-0.1, -0.05) is 25.8 Å². The van der Waals surface area contributed by atoms with Crippen molar-refractivity contribution in [2.75, 3.05) is 0 Å². The van der Waals surface area contributed by atoms with Crippen LogP contribution in [-0.4, -0.2) is 52.9 Å². The van der Waals surface area contributed by atoms with Gasteiger partial charge in [-0.2, -0.15) is 0 Å². The first-order valence-electron chi connectivity index (χ1n) is 8.02. The monoisotopic (exact) mass is 450 g/mol. The summed E-state index contributed by atoms with van der Waals surface area (Å²) in [6, 6.07) is 0. The van der Waals surface area contributed by atoms with E-state index in [9.17, 15) is 28.9 Å². The number of hydrogen-bond acceptors (Lipinski definition) is 8. The Kier molecular flexibility index (Phi) is 12.6. The number of Topliss-reactive ketones (excluding diaryl/α,β-unsaturated/α-hetero) is 2. The summed E-state index contributed by atoms with van der Waals surface area (Å²) in [4.78, 5) is 55.6. The maximum Gasteiger partial charge on any atom is 0.472 e. The van der Waals surface area contributed by atoms with Crippen LogP contribution in [0.4, 0.5) is 0 Å². The zero-order valence-electron chi connectivity index (χ0n) is 15.8. The first kappa shape index (κ1) is 29.4. The van der Waals surface area contributed by atoms with Gasteiger partial charge in [-0.25, -0.2) is 18.2 Å². The van der Waals surface area contributed by atoms with Gasteiger partial charge < -0.3 is 29.8 Å². The molecule has 2 atom stereocenters. The second-order valence-electron chi connectivity index (χ2n) is 5.79. The Balaban J connectivity index is 0. The minimum Gasteiger partial charge on any atom is -0.359 e. The molecule has 0 spiro atoms. The molecule has 0 aromatic rings. The van der Waals surface area contributed by atoms with Crippen LogP contribution in [0.3, 0.4) is 0 Å². The molecule has 0 aliphatic heterocycles. The van der Waals surface area contributed by atoms with E-state index in [0.29, 0.717) is 6.42 Å². The highest BCUT2D eigenvalue weighted by Gasteiger charge is 2.40. The molecule has 0 radical (unpaired) electrons. The fraction of sp³-hybridized carbons (Fsp3) is 0.714. The van der Waals surface area contributed by atoms with Gasteiger partial charge in [-0.15, -0.1) is 6.58 Å². The summed E-state index contributed by atoms with van der Waals surface area (Å²) in [7, 11) is -9.75. The fourth-order valence-electron chi connectivity index (χ4n) is 1.73. The van der Waals surface area contributed by atoms with Crippen molar-refractivity contribution in [1.29, 1.82) is 0 Å². The third-order valence-electron chi connectivity index (χ3n) is 3.18. The highest BCUT2D eigenvalue weighted by atomic mass is 31.2. The van der Waals surface area contributed by atoms with Gasteiger partial charge >= 0.3 is 15.6 Å². The predicted molar refractivity (Wildman–Crippen MR) is 96.5 cm³/mol. The maximum absolute atomic E-state index is 11.0. The van der Waals surface area contributed by atoms with E-state index in [1.165, 1.54) is 0 Å². The van der Waals surface area contributed by atoms with E-state index < -0.39 is 38.8 Å². The molecule has 0 aromatic heterocycles. The van der Waals surface area contributed by atoms with Crippen molar-refractivity contribution in [2.24, 2.45) is 0 Å². The third kappa shape index (κ3) is 13.4. The average Bonchev–Trinajstić information content (AvgIpc) is 2.44. The lowest BCUT2D eigenvalue weighted by molar-refractivity contribution is -0.177. The van der Waals surface area contributed by atoms with Crippen LogP contribution in [0.5, 0.6) is 0 Å². The van der Waals surface area contributed by atoms with Gasteiger partial charge in [0.15, 0.2) is 11.6 Å². The second kappa shape index (κ2) is 12.0. The van der Waals surface area contributed by atoms with E-state index in [1.807, 2.05) is 6.92 Å². The number of phosphoric acid groups is 2. The molecule has 0 amide bonds.